The van der Waals surface area contributed by atoms with Gasteiger partial charge in [-0.2, -0.15) is 0 Å². The van der Waals surface area contributed by atoms with Crippen molar-refractivity contribution in [3.8, 4) is 0 Å². The summed E-state index contributed by atoms with van der Waals surface area (Å²) in [5.74, 6) is -0.104. The standard InChI is InChI=1S/C15H22N4O2/c1-17-14(20)10-19-8-6-11(7-9-19)18-15(21)12-4-2-3-5-13(12)16/h2-5,11H,6-10,16H2,1H3,(H,17,20)(H,18,21). The average molecular weight is 290 g/mol. The third kappa shape index (κ3) is 4.19. The molecule has 2 rings (SSSR count). The van der Waals surface area contributed by atoms with Crippen molar-refractivity contribution in [2.24, 2.45) is 0 Å². The Morgan fingerprint density at radius 3 is 2.57 bits per heavy atom. The Morgan fingerprint density at radius 1 is 1.29 bits per heavy atom. The van der Waals surface area contributed by atoms with Crippen LogP contribution in [0.1, 0.15) is 23.2 Å². The zero-order valence-electron chi connectivity index (χ0n) is 12.3. The van der Waals surface area contributed by atoms with Crippen molar-refractivity contribution in [3.05, 3.63) is 29.8 Å². The van der Waals surface area contributed by atoms with Crippen LogP contribution in [0.4, 0.5) is 5.69 Å². The van der Waals surface area contributed by atoms with E-state index in [4.69, 9.17) is 5.73 Å². The Bertz CT molecular complexity index is 510. The normalized spacial score (nSPS) is 16.4. The lowest BCUT2D eigenvalue weighted by atomic mass is 10.0. The summed E-state index contributed by atoms with van der Waals surface area (Å²) in [5, 5.41) is 5.64. The molecule has 1 aliphatic heterocycles. The third-order valence-corrected chi connectivity index (χ3v) is 3.77. The Kier molecular flexibility index (Phi) is 5.16. The minimum absolute atomic E-state index is 0.0227. The highest BCUT2D eigenvalue weighted by atomic mass is 16.2. The van der Waals surface area contributed by atoms with Gasteiger partial charge in [-0.25, -0.2) is 0 Å². The highest BCUT2D eigenvalue weighted by Crippen LogP contribution is 2.14. The summed E-state index contributed by atoms with van der Waals surface area (Å²) in [6.07, 6.45) is 1.69. The summed E-state index contributed by atoms with van der Waals surface area (Å²) in [7, 11) is 1.64. The van der Waals surface area contributed by atoms with Crippen molar-refractivity contribution < 1.29 is 9.59 Å². The number of carbonyl (C=O) groups is 2. The maximum atomic E-state index is 12.2. The van der Waals surface area contributed by atoms with E-state index in [1.807, 2.05) is 6.07 Å². The lowest BCUT2D eigenvalue weighted by Crippen LogP contribution is -2.47. The van der Waals surface area contributed by atoms with Gasteiger partial charge in [0.25, 0.3) is 5.91 Å². The van der Waals surface area contributed by atoms with Gasteiger partial charge in [0.15, 0.2) is 0 Å². The number of hydrogen-bond donors (Lipinski definition) is 3. The van der Waals surface area contributed by atoms with Crippen LogP contribution in [0.3, 0.4) is 0 Å². The van der Waals surface area contributed by atoms with E-state index in [1.54, 1.807) is 25.2 Å². The van der Waals surface area contributed by atoms with Crippen LogP contribution in [0.15, 0.2) is 24.3 Å². The van der Waals surface area contributed by atoms with Gasteiger partial charge in [-0.15, -0.1) is 0 Å². The Labute approximate surface area is 124 Å². The Morgan fingerprint density at radius 2 is 1.95 bits per heavy atom. The number of anilines is 1. The first-order chi connectivity index (χ1) is 10.1. The first-order valence-electron chi connectivity index (χ1n) is 7.18. The number of amides is 2. The zero-order valence-corrected chi connectivity index (χ0v) is 12.3. The molecule has 1 aromatic carbocycles. The molecule has 0 bridgehead atoms. The van der Waals surface area contributed by atoms with Gasteiger partial charge in [0.2, 0.25) is 5.91 Å². The maximum Gasteiger partial charge on any atom is 0.253 e. The lowest BCUT2D eigenvalue weighted by molar-refractivity contribution is -0.122. The molecule has 0 unspecified atom stereocenters. The monoisotopic (exact) mass is 290 g/mol. The predicted octanol–water partition coefficient (Wildman–Crippen LogP) is 0.209. The van der Waals surface area contributed by atoms with Crippen LogP contribution in [0, 0.1) is 0 Å². The molecule has 1 saturated heterocycles. The minimum Gasteiger partial charge on any atom is -0.398 e. The quantitative estimate of drug-likeness (QED) is 0.692. The topological polar surface area (TPSA) is 87.5 Å². The molecular weight excluding hydrogens is 268 g/mol. The predicted molar refractivity (Wildman–Crippen MR) is 81.8 cm³/mol. The highest BCUT2D eigenvalue weighted by molar-refractivity contribution is 5.99. The second-order valence-corrected chi connectivity index (χ2v) is 5.28. The molecule has 2 amide bonds. The highest BCUT2D eigenvalue weighted by Gasteiger charge is 2.22. The molecule has 6 heteroatoms. The van der Waals surface area contributed by atoms with Crippen molar-refractivity contribution in [1.82, 2.24) is 15.5 Å². The number of nitrogens with one attached hydrogen (secondary N) is 2. The van der Waals surface area contributed by atoms with Crippen LogP contribution >= 0.6 is 0 Å². The Hall–Kier alpha value is -2.08. The molecule has 21 heavy (non-hydrogen) atoms. The molecule has 0 aromatic heterocycles. The SMILES string of the molecule is CNC(=O)CN1CCC(NC(=O)c2ccccc2N)CC1. The summed E-state index contributed by atoms with van der Waals surface area (Å²) in [6, 6.07) is 7.20. The van der Waals surface area contributed by atoms with Crippen LogP contribution in [-0.4, -0.2) is 49.4 Å². The van der Waals surface area contributed by atoms with Crippen molar-refractivity contribution in [3.63, 3.8) is 0 Å². The van der Waals surface area contributed by atoms with Gasteiger partial charge in [-0.3, -0.25) is 14.5 Å². The number of likely N-dealkylation sites (tertiary alicyclic amines) is 1. The van der Waals surface area contributed by atoms with Crippen molar-refractivity contribution >= 4 is 17.5 Å². The molecule has 114 valence electrons. The molecule has 0 saturated carbocycles. The number of piperidine rings is 1. The van der Waals surface area contributed by atoms with Gasteiger partial charge in [-0.05, 0) is 25.0 Å². The molecule has 0 aliphatic carbocycles. The van der Waals surface area contributed by atoms with Crippen LogP contribution < -0.4 is 16.4 Å². The number of para-hydroxylation sites is 1. The number of rotatable bonds is 4. The fourth-order valence-corrected chi connectivity index (χ4v) is 2.48. The van der Waals surface area contributed by atoms with Gasteiger partial charge in [0.1, 0.15) is 0 Å². The lowest BCUT2D eigenvalue weighted by Gasteiger charge is -2.31. The van der Waals surface area contributed by atoms with Gasteiger partial charge >= 0.3 is 0 Å². The second kappa shape index (κ2) is 7.08. The first-order valence-corrected chi connectivity index (χ1v) is 7.18. The molecular formula is C15H22N4O2. The van der Waals surface area contributed by atoms with Crippen molar-refractivity contribution in [1.29, 1.82) is 0 Å². The van der Waals surface area contributed by atoms with E-state index in [1.165, 1.54) is 0 Å². The molecule has 0 atom stereocenters. The molecule has 1 aromatic rings. The van der Waals surface area contributed by atoms with E-state index >= 15 is 0 Å². The van der Waals surface area contributed by atoms with Crippen LogP contribution in [0.2, 0.25) is 0 Å². The number of benzene rings is 1. The van der Waals surface area contributed by atoms with Crippen LogP contribution in [0.25, 0.3) is 0 Å². The summed E-state index contributed by atoms with van der Waals surface area (Å²) in [6.45, 7) is 2.04. The maximum absolute atomic E-state index is 12.2. The van der Waals surface area contributed by atoms with Crippen LogP contribution in [0.5, 0.6) is 0 Å². The van der Waals surface area contributed by atoms with Gasteiger partial charge < -0.3 is 16.4 Å². The van der Waals surface area contributed by atoms with Crippen molar-refractivity contribution in [2.45, 2.75) is 18.9 Å². The number of likely N-dealkylation sites (N-methyl/N-ethyl adjacent to an activating group) is 1. The summed E-state index contributed by atoms with van der Waals surface area (Å²) in [4.78, 5) is 25.6. The van der Waals surface area contributed by atoms with Crippen molar-refractivity contribution in [2.75, 3.05) is 32.4 Å². The number of carbonyl (C=O) groups excluding carboxylic acids is 2. The summed E-state index contributed by atoms with van der Waals surface area (Å²) in [5.41, 5.74) is 6.82. The fourth-order valence-electron chi connectivity index (χ4n) is 2.48. The van der Waals surface area contributed by atoms with E-state index < -0.39 is 0 Å². The van der Waals surface area contributed by atoms with Crippen LogP contribution in [-0.2, 0) is 4.79 Å². The number of nitrogen functional groups attached to an aromatic ring is 1. The molecule has 6 nitrogen and oxygen atoms in total. The third-order valence-electron chi connectivity index (χ3n) is 3.77. The van der Waals surface area contributed by atoms with E-state index in [0.29, 0.717) is 17.8 Å². The van der Waals surface area contributed by atoms with E-state index in [9.17, 15) is 9.59 Å². The van der Waals surface area contributed by atoms with E-state index in [0.717, 1.165) is 25.9 Å². The van der Waals surface area contributed by atoms with E-state index in [-0.39, 0.29) is 17.9 Å². The molecule has 1 heterocycles. The fraction of sp³-hybridized carbons (Fsp3) is 0.467. The largest absolute Gasteiger partial charge is 0.398 e. The number of nitrogens with zero attached hydrogens (tertiary/aromatic N) is 1. The van der Waals surface area contributed by atoms with Gasteiger partial charge in [0, 0.05) is 31.9 Å². The molecule has 1 aliphatic rings. The average Bonchev–Trinajstić information content (AvgIpc) is 2.49. The molecule has 4 N–H and O–H groups in total. The summed E-state index contributed by atoms with van der Waals surface area (Å²) >= 11 is 0. The second-order valence-electron chi connectivity index (χ2n) is 5.28. The van der Waals surface area contributed by atoms with Gasteiger partial charge in [-0.1, -0.05) is 12.1 Å². The molecule has 0 radical (unpaired) electrons. The van der Waals surface area contributed by atoms with Gasteiger partial charge in [0.05, 0.1) is 12.1 Å². The molecule has 0 spiro atoms. The first kappa shape index (κ1) is 15.3. The smallest absolute Gasteiger partial charge is 0.253 e. The number of hydrogen-bond acceptors (Lipinski definition) is 4. The zero-order chi connectivity index (χ0) is 15.2. The van der Waals surface area contributed by atoms with E-state index in [2.05, 4.69) is 15.5 Å². The number of nitrogens with two attached hydrogens (primary N) is 1. The summed E-state index contributed by atoms with van der Waals surface area (Å²) < 4.78 is 0. The minimum atomic E-state index is -0.127. The Balaban J connectivity index is 1.82. The molecule has 1 fully saturated rings.